The van der Waals surface area contributed by atoms with Crippen molar-refractivity contribution in [2.75, 3.05) is 17.7 Å². The molecule has 3 heterocycles. The van der Waals surface area contributed by atoms with Gasteiger partial charge in [-0.05, 0) is 48.0 Å². The van der Waals surface area contributed by atoms with Gasteiger partial charge in [-0.1, -0.05) is 15.9 Å². The number of ether oxygens (including phenoxy) is 1. The van der Waals surface area contributed by atoms with E-state index in [4.69, 9.17) is 4.74 Å². The lowest BCUT2D eigenvalue weighted by Gasteiger charge is -2.31. The molecule has 28 heavy (non-hydrogen) atoms. The van der Waals surface area contributed by atoms with Crippen molar-refractivity contribution < 1.29 is 14.3 Å². The molecule has 1 unspecified atom stereocenters. The highest BCUT2D eigenvalue weighted by molar-refractivity contribution is 9.10. The van der Waals surface area contributed by atoms with Gasteiger partial charge in [-0.3, -0.25) is 9.59 Å². The third kappa shape index (κ3) is 2.24. The molecule has 1 atom stereocenters. The number of hydrogen-bond donors (Lipinski definition) is 2. The van der Waals surface area contributed by atoms with Crippen LogP contribution in [0.1, 0.15) is 17.5 Å². The number of fused-ring (bicyclic) bond motifs is 4. The minimum atomic E-state index is -1.10. The van der Waals surface area contributed by atoms with Crippen molar-refractivity contribution >= 4 is 39.2 Å². The number of carbonyl (C=O) groups is 2. The minimum Gasteiger partial charge on any atom is -0.497 e. The van der Waals surface area contributed by atoms with Gasteiger partial charge in [0, 0.05) is 22.1 Å². The summed E-state index contributed by atoms with van der Waals surface area (Å²) in [6.07, 6.45) is 1.69. The van der Waals surface area contributed by atoms with E-state index in [0.717, 1.165) is 21.5 Å². The van der Waals surface area contributed by atoms with Gasteiger partial charge in [-0.25, -0.2) is 4.68 Å². The molecule has 0 radical (unpaired) electrons. The van der Waals surface area contributed by atoms with E-state index in [1.807, 2.05) is 42.5 Å². The molecule has 1 spiro atoms. The monoisotopic (exact) mass is 438 g/mol. The fourth-order valence-corrected chi connectivity index (χ4v) is 4.35. The van der Waals surface area contributed by atoms with Crippen LogP contribution in [-0.4, -0.2) is 28.7 Å². The van der Waals surface area contributed by atoms with E-state index in [9.17, 15) is 9.59 Å². The lowest BCUT2D eigenvalue weighted by molar-refractivity contribution is -0.125. The maximum atomic E-state index is 13.1. The number of methoxy groups -OCH3 is 1. The second-order valence-electron chi connectivity index (χ2n) is 6.79. The van der Waals surface area contributed by atoms with Crippen LogP contribution in [0.15, 0.2) is 53.1 Å². The first kappa shape index (κ1) is 17.0. The molecule has 0 bridgehead atoms. The van der Waals surface area contributed by atoms with Crippen LogP contribution < -0.4 is 15.4 Å². The van der Waals surface area contributed by atoms with Crippen LogP contribution in [0.2, 0.25) is 0 Å². The van der Waals surface area contributed by atoms with E-state index in [0.29, 0.717) is 17.1 Å². The van der Waals surface area contributed by atoms with Crippen molar-refractivity contribution in [3.63, 3.8) is 0 Å². The molecule has 140 valence electrons. The smallest absolute Gasteiger partial charge is 0.240 e. The van der Waals surface area contributed by atoms with Crippen LogP contribution in [0.25, 0.3) is 5.69 Å². The largest absolute Gasteiger partial charge is 0.497 e. The highest BCUT2D eigenvalue weighted by atomic mass is 79.9. The van der Waals surface area contributed by atoms with Gasteiger partial charge in [0.2, 0.25) is 11.8 Å². The Balaban J connectivity index is 1.72. The lowest BCUT2D eigenvalue weighted by atomic mass is 9.72. The first-order chi connectivity index (χ1) is 13.5. The van der Waals surface area contributed by atoms with Crippen LogP contribution in [0.5, 0.6) is 5.75 Å². The molecule has 2 aliphatic heterocycles. The average molecular weight is 439 g/mol. The summed E-state index contributed by atoms with van der Waals surface area (Å²) >= 11 is 3.47. The molecule has 0 fully saturated rings. The van der Waals surface area contributed by atoms with E-state index < -0.39 is 5.41 Å². The van der Waals surface area contributed by atoms with Crippen LogP contribution in [0.4, 0.5) is 11.5 Å². The third-order valence-electron chi connectivity index (χ3n) is 5.31. The van der Waals surface area contributed by atoms with Crippen LogP contribution >= 0.6 is 15.9 Å². The SMILES string of the molecule is COc1ccc(-n2ncc3c2NC(=O)CC32C(=O)Nc3ccc(Br)cc32)cc1. The highest BCUT2D eigenvalue weighted by Gasteiger charge is 2.54. The lowest BCUT2D eigenvalue weighted by Crippen LogP contribution is -2.43. The van der Waals surface area contributed by atoms with Crippen molar-refractivity contribution in [3.05, 3.63) is 64.3 Å². The standard InChI is InChI=1S/C20H15BrN4O3/c1-28-13-5-3-12(4-6-13)25-18-15(10-22-25)20(9-17(26)24-18)14-8-11(21)2-7-16(14)23-19(20)27/h2-8,10H,9H2,1H3,(H,23,27)(H,24,26). The second-order valence-corrected chi connectivity index (χ2v) is 7.71. The second kappa shape index (κ2) is 5.93. The van der Waals surface area contributed by atoms with Crippen molar-refractivity contribution in [3.8, 4) is 11.4 Å². The molecular weight excluding hydrogens is 424 g/mol. The average Bonchev–Trinajstić information content (AvgIpc) is 3.22. The number of rotatable bonds is 2. The van der Waals surface area contributed by atoms with E-state index in [1.54, 1.807) is 18.0 Å². The first-order valence-corrected chi connectivity index (χ1v) is 9.46. The Morgan fingerprint density at radius 2 is 1.89 bits per heavy atom. The first-order valence-electron chi connectivity index (χ1n) is 8.67. The number of benzene rings is 2. The maximum absolute atomic E-state index is 13.1. The Morgan fingerprint density at radius 1 is 1.11 bits per heavy atom. The van der Waals surface area contributed by atoms with E-state index in [1.165, 1.54) is 0 Å². The molecule has 5 rings (SSSR count). The van der Waals surface area contributed by atoms with Gasteiger partial charge in [0.25, 0.3) is 0 Å². The van der Waals surface area contributed by atoms with E-state index in [2.05, 4.69) is 31.7 Å². The molecule has 8 heteroatoms. The summed E-state index contributed by atoms with van der Waals surface area (Å²) in [5, 5.41) is 10.3. The van der Waals surface area contributed by atoms with Crippen LogP contribution in [-0.2, 0) is 15.0 Å². The number of halogens is 1. The summed E-state index contributed by atoms with van der Waals surface area (Å²) in [7, 11) is 1.60. The van der Waals surface area contributed by atoms with Gasteiger partial charge in [0.05, 0.1) is 19.0 Å². The molecule has 0 saturated carbocycles. The van der Waals surface area contributed by atoms with Gasteiger partial charge < -0.3 is 15.4 Å². The summed E-state index contributed by atoms with van der Waals surface area (Å²) in [6.45, 7) is 0. The van der Waals surface area contributed by atoms with Gasteiger partial charge >= 0.3 is 0 Å². The molecule has 2 amide bonds. The highest BCUT2D eigenvalue weighted by Crippen LogP contribution is 2.50. The molecule has 0 aliphatic carbocycles. The summed E-state index contributed by atoms with van der Waals surface area (Å²) < 4.78 is 7.68. The minimum absolute atomic E-state index is 0.0313. The molecule has 7 nitrogen and oxygen atoms in total. The molecule has 0 saturated heterocycles. The number of aromatic nitrogens is 2. The summed E-state index contributed by atoms with van der Waals surface area (Å²) in [5.41, 5.74) is 1.83. The number of hydrogen-bond acceptors (Lipinski definition) is 4. The molecule has 2 N–H and O–H groups in total. The van der Waals surface area contributed by atoms with Gasteiger partial charge in [0.15, 0.2) is 0 Å². The Labute approximate surface area is 168 Å². The van der Waals surface area contributed by atoms with Crippen LogP contribution in [0.3, 0.4) is 0 Å². The molecule has 1 aromatic heterocycles. The van der Waals surface area contributed by atoms with Crippen molar-refractivity contribution in [2.45, 2.75) is 11.8 Å². The zero-order valence-electron chi connectivity index (χ0n) is 14.8. The van der Waals surface area contributed by atoms with Gasteiger partial charge in [-0.15, -0.1) is 0 Å². The Morgan fingerprint density at radius 3 is 2.64 bits per heavy atom. The summed E-state index contributed by atoms with van der Waals surface area (Å²) in [6, 6.07) is 12.9. The predicted molar refractivity (Wildman–Crippen MR) is 107 cm³/mol. The van der Waals surface area contributed by atoms with Crippen molar-refractivity contribution in [1.29, 1.82) is 0 Å². The van der Waals surface area contributed by atoms with Crippen molar-refractivity contribution in [1.82, 2.24) is 9.78 Å². The zero-order chi connectivity index (χ0) is 19.5. The predicted octanol–water partition coefficient (Wildman–Crippen LogP) is 3.22. The normalized spacial score (nSPS) is 19.8. The van der Waals surface area contributed by atoms with E-state index >= 15 is 0 Å². The quantitative estimate of drug-likeness (QED) is 0.642. The molecular formula is C20H15BrN4O3. The molecule has 2 aliphatic rings. The number of carbonyl (C=O) groups excluding carboxylic acids is 2. The van der Waals surface area contributed by atoms with Gasteiger partial charge in [0.1, 0.15) is 17.0 Å². The number of nitrogens with zero attached hydrogens (tertiary/aromatic N) is 2. The van der Waals surface area contributed by atoms with E-state index in [-0.39, 0.29) is 18.2 Å². The fourth-order valence-electron chi connectivity index (χ4n) is 3.99. The van der Waals surface area contributed by atoms with Gasteiger partial charge in [-0.2, -0.15) is 5.10 Å². The number of amides is 2. The Hall–Kier alpha value is -3.13. The zero-order valence-corrected chi connectivity index (χ0v) is 16.4. The molecule has 2 aromatic carbocycles. The summed E-state index contributed by atoms with van der Waals surface area (Å²) in [5.74, 6) is 0.778. The Kier molecular flexibility index (Phi) is 3.60. The van der Waals surface area contributed by atoms with Crippen molar-refractivity contribution in [2.24, 2.45) is 0 Å². The fraction of sp³-hybridized carbons (Fsp3) is 0.150. The maximum Gasteiger partial charge on any atom is 0.240 e. The molecule has 3 aromatic rings. The topological polar surface area (TPSA) is 85.2 Å². The summed E-state index contributed by atoms with van der Waals surface area (Å²) in [4.78, 5) is 25.7. The van der Waals surface area contributed by atoms with Crippen LogP contribution in [0, 0.1) is 0 Å². The number of anilines is 2. The third-order valence-corrected chi connectivity index (χ3v) is 5.80. The Bertz CT molecular complexity index is 1140. The number of nitrogens with one attached hydrogen (secondary N) is 2.